The van der Waals surface area contributed by atoms with Crippen molar-refractivity contribution in [3.05, 3.63) is 17.7 Å². The third kappa shape index (κ3) is 3.05. The zero-order chi connectivity index (χ0) is 13.0. The van der Waals surface area contributed by atoms with Crippen LogP contribution in [0, 0.1) is 6.92 Å². The van der Waals surface area contributed by atoms with Gasteiger partial charge in [0.1, 0.15) is 0 Å². The molecule has 1 amide bonds. The number of amides is 1. The molecule has 0 spiro atoms. The Bertz CT molecular complexity index is 421. The van der Waals surface area contributed by atoms with Crippen molar-refractivity contribution in [2.45, 2.75) is 13.3 Å². The Morgan fingerprint density at radius 2 is 1.76 bits per heavy atom. The zero-order valence-corrected chi connectivity index (χ0v) is 9.71. The van der Waals surface area contributed by atoms with Gasteiger partial charge in [0, 0.05) is 11.8 Å². The van der Waals surface area contributed by atoms with Gasteiger partial charge in [-0.1, -0.05) is 0 Å². The maximum absolute atomic E-state index is 12.1. The molecule has 1 rings (SSSR count). The predicted octanol–water partition coefficient (Wildman–Crippen LogP) is 2.22. The molecule has 17 heavy (non-hydrogen) atoms. The fourth-order valence-corrected chi connectivity index (χ4v) is 1.30. The van der Waals surface area contributed by atoms with Crippen molar-refractivity contribution >= 4 is 11.6 Å². The van der Waals surface area contributed by atoms with Gasteiger partial charge in [0.15, 0.2) is 11.5 Å². The molecule has 0 fully saturated rings. The molecule has 0 bridgehead atoms. The molecule has 0 aliphatic carbocycles. The summed E-state index contributed by atoms with van der Waals surface area (Å²) in [4.78, 5) is 10.9. The topological polar surface area (TPSA) is 47.6 Å². The molecule has 0 aromatic heterocycles. The number of aryl methyl sites for hydroxylation is 1. The molecular weight excluding hydrogens is 232 g/mol. The third-order valence-electron chi connectivity index (χ3n) is 2.19. The Morgan fingerprint density at radius 1 is 1.24 bits per heavy atom. The summed E-state index contributed by atoms with van der Waals surface area (Å²) in [6.45, 7) is 1.67. The summed E-state index contributed by atoms with van der Waals surface area (Å²) in [7, 11) is 2.89. The Morgan fingerprint density at radius 3 is 2.24 bits per heavy atom. The summed E-state index contributed by atoms with van der Waals surface area (Å²) < 4.78 is 34.3. The Balaban J connectivity index is 3.04. The minimum Gasteiger partial charge on any atom is -0.493 e. The van der Waals surface area contributed by atoms with E-state index in [4.69, 9.17) is 9.47 Å². The number of hydrogen-bond acceptors (Lipinski definition) is 3. The number of ether oxygens (including phenoxy) is 2. The number of alkyl halides is 2. The smallest absolute Gasteiger partial charge is 0.315 e. The number of nitrogens with one attached hydrogen (secondary N) is 1. The summed E-state index contributed by atoms with van der Waals surface area (Å²) in [5, 5.41) is 2.11. The number of rotatable bonds is 4. The molecule has 1 N–H and O–H groups in total. The van der Waals surface area contributed by atoms with Crippen molar-refractivity contribution in [2.24, 2.45) is 0 Å². The lowest BCUT2D eigenvalue weighted by atomic mass is 10.1. The normalized spacial score (nSPS) is 10.2. The largest absolute Gasteiger partial charge is 0.493 e. The van der Waals surface area contributed by atoms with Crippen LogP contribution in [-0.4, -0.2) is 26.6 Å². The first-order valence-corrected chi connectivity index (χ1v) is 4.81. The number of benzene rings is 1. The van der Waals surface area contributed by atoms with Crippen molar-refractivity contribution in [2.75, 3.05) is 19.5 Å². The van der Waals surface area contributed by atoms with E-state index < -0.39 is 12.3 Å². The first-order chi connectivity index (χ1) is 7.99. The average Bonchev–Trinajstić information content (AvgIpc) is 2.30. The summed E-state index contributed by atoms with van der Waals surface area (Å²) >= 11 is 0. The van der Waals surface area contributed by atoms with E-state index in [0.29, 0.717) is 17.1 Å². The average molecular weight is 245 g/mol. The SMILES string of the molecule is COc1cc(C)c(NC(=O)C(F)F)cc1OC. The lowest BCUT2D eigenvalue weighted by Crippen LogP contribution is -2.20. The highest BCUT2D eigenvalue weighted by atomic mass is 19.3. The van der Waals surface area contributed by atoms with Crippen LogP contribution in [0.15, 0.2) is 12.1 Å². The summed E-state index contributed by atoms with van der Waals surface area (Å²) in [5.74, 6) is -0.511. The van der Waals surface area contributed by atoms with E-state index in [2.05, 4.69) is 5.32 Å². The van der Waals surface area contributed by atoms with Gasteiger partial charge in [0.2, 0.25) is 0 Å². The second-order valence-electron chi connectivity index (χ2n) is 3.31. The van der Waals surface area contributed by atoms with Crippen LogP contribution >= 0.6 is 0 Å². The van der Waals surface area contributed by atoms with E-state index >= 15 is 0 Å². The minimum absolute atomic E-state index is 0.271. The van der Waals surface area contributed by atoms with Gasteiger partial charge < -0.3 is 14.8 Å². The highest BCUT2D eigenvalue weighted by molar-refractivity contribution is 5.94. The molecule has 0 atom stereocenters. The van der Waals surface area contributed by atoms with Gasteiger partial charge in [-0.2, -0.15) is 8.78 Å². The number of carbonyl (C=O) groups is 1. The molecule has 4 nitrogen and oxygen atoms in total. The molecule has 1 aromatic carbocycles. The molecule has 0 saturated heterocycles. The zero-order valence-electron chi connectivity index (χ0n) is 9.71. The Labute approximate surface area is 97.5 Å². The lowest BCUT2D eigenvalue weighted by Gasteiger charge is -2.13. The van der Waals surface area contributed by atoms with E-state index in [1.54, 1.807) is 13.0 Å². The van der Waals surface area contributed by atoms with E-state index in [-0.39, 0.29) is 5.69 Å². The van der Waals surface area contributed by atoms with Crippen molar-refractivity contribution in [3.8, 4) is 11.5 Å². The van der Waals surface area contributed by atoms with Crippen LogP contribution in [0.2, 0.25) is 0 Å². The molecular formula is C11H13F2NO3. The van der Waals surface area contributed by atoms with Crippen molar-refractivity contribution < 1.29 is 23.0 Å². The first-order valence-electron chi connectivity index (χ1n) is 4.81. The van der Waals surface area contributed by atoms with Crippen LogP contribution in [0.1, 0.15) is 5.56 Å². The molecule has 0 aliphatic rings. The minimum atomic E-state index is -3.05. The van der Waals surface area contributed by atoms with E-state index in [0.717, 1.165) is 0 Å². The second kappa shape index (κ2) is 5.47. The molecule has 0 aliphatic heterocycles. The predicted molar refractivity (Wildman–Crippen MR) is 58.9 cm³/mol. The molecule has 1 aromatic rings. The molecule has 6 heteroatoms. The standard InChI is InChI=1S/C11H13F2NO3/c1-6-4-8(16-2)9(17-3)5-7(6)14-11(15)10(12)13/h4-5,10H,1-3H3,(H,14,15). The van der Waals surface area contributed by atoms with Crippen molar-refractivity contribution in [1.29, 1.82) is 0 Å². The Kier molecular flexibility index (Phi) is 4.25. The molecule has 0 radical (unpaired) electrons. The maximum Gasteiger partial charge on any atom is 0.315 e. The van der Waals surface area contributed by atoms with Crippen molar-refractivity contribution in [1.82, 2.24) is 0 Å². The van der Waals surface area contributed by atoms with E-state index in [1.165, 1.54) is 20.3 Å². The number of methoxy groups -OCH3 is 2. The van der Waals surface area contributed by atoms with Crippen LogP contribution in [-0.2, 0) is 4.79 Å². The second-order valence-corrected chi connectivity index (χ2v) is 3.31. The van der Waals surface area contributed by atoms with Gasteiger partial charge in [0.25, 0.3) is 5.91 Å². The van der Waals surface area contributed by atoms with Gasteiger partial charge in [0.05, 0.1) is 14.2 Å². The summed E-state index contributed by atoms with van der Waals surface area (Å²) in [6, 6.07) is 3.04. The number of hydrogen-bond donors (Lipinski definition) is 1. The van der Waals surface area contributed by atoms with Crippen LogP contribution in [0.5, 0.6) is 11.5 Å². The quantitative estimate of drug-likeness (QED) is 0.884. The van der Waals surface area contributed by atoms with Gasteiger partial charge in [-0.25, -0.2) is 0 Å². The molecule has 94 valence electrons. The Hall–Kier alpha value is -1.85. The van der Waals surface area contributed by atoms with Crippen molar-refractivity contribution in [3.63, 3.8) is 0 Å². The van der Waals surface area contributed by atoms with E-state index in [9.17, 15) is 13.6 Å². The fraction of sp³-hybridized carbons (Fsp3) is 0.364. The summed E-state index contributed by atoms with van der Waals surface area (Å²) in [5.41, 5.74) is 0.879. The first kappa shape index (κ1) is 13.2. The fourth-order valence-electron chi connectivity index (χ4n) is 1.30. The highest BCUT2D eigenvalue weighted by Gasteiger charge is 2.17. The number of anilines is 1. The molecule has 0 unspecified atom stereocenters. The van der Waals surface area contributed by atoms with Gasteiger partial charge >= 0.3 is 6.43 Å². The third-order valence-corrected chi connectivity index (χ3v) is 2.19. The molecule has 0 saturated carbocycles. The summed E-state index contributed by atoms with van der Waals surface area (Å²) in [6.07, 6.45) is -3.05. The van der Waals surface area contributed by atoms with Crippen LogP contribution in [0.3, 0.4) is 0 Å². The highest BCUT2D eigenvalue weighted by Crippen LogP contribution is 2.32. The maximum atomic E-state index is 12.1. The van der Waals surface area contributed by atoms with Gasteiger partial charge in [-0.15, -0.1) is 0 Å². The van der Waals surface area contributed by atoms with Gasteiger partial charge in [-0.05, 0) is 18.6 Å². The number of halogens is 2. The van der Waals surface area contributed by atoms with Crippen LogP contribution in [0.25, 0.3) is 0 Å². The van der Waals surface area contributed by atoms with E-state index in [1.807, 2.05) is 0 Å². The van der Waals surface area contributed by atoms with Crippen LogP contribution in [0.4, 0.5) is 14.5 Å². The molecule has 0 heterocycles. The number of carbonyl (C=O) groups excluding carboxylic acids is 1. The van der Waals surface area contributed by atoms with Crippen LogP contribution < -0.4 is 14.8 Å². The monoisotopic (exact) mass is 245 g/mol. The van der Waals surface area contributed by atoms with Gasteiger partial charge in [-0.3, -0.25) is 4.79 Å². The lowest BCUT2D eigenvalue weighted by molar-refractivity contribution is -0.126.